The summed E-state index contributed by atoms with van der Waals surface area (Å²) in [6.07, 6.45) is 3.19. The van der Waals surface area contributed by atoms with E-state index in [1.165, 1.54) is 0 Å². The second-order valence-corrected chi connectivity index (χ2v) is 31.8. The summed E-state index contributed by atoms with van der Waals surface area (Å²) in [6.45, 7) is 6.45. The van der Waals surface area contributed by atoms with Crippen LogP contribution in [0.2, 0.25) is 30.2 Å². The first-order valence-electron chi connectivity index (χ1n) is 23.5. The molecular formula is C42H96O22Si5. The molecular weight excluding hydrogens is 997 g/mol. The van der Waals surface area contributed by atoms with Crippen LogP contribution in [0.25, 0.3) is 0 Å². The van der Waals surface area contributed by atoms with Crippen LogP contribution in [-0.2, 0) is 99.5 Å². The van der Waals surface area contributed by atoms with Gasteiger partial charge in [0.15, 0.2) is 0 Å². The Hall–Kier alpha value is 0.204. The summed E-state index contributed by atoms with van der Waals surface area (Å²) in [7, 11) is 9.95. The third-order valence-corrected chi connectivity index (χ3v) is 26.2. The van der Waals surface area contributed by atoms with Gasteiger partial charge in [0.25, 0.3) is 0 Å². The van der Waals surface area contributed by atoms with Gasteiger partial charge in [-0.3, -0.25) is 0 Å². The zero-order valence-corrected chi connectivity index (χ0v) is 50.5. The number of hydrogen-bond acceptors (Lipinski definition) is 22. The zero-order valence-electron chi connectivity index (χ0n) is 45.5. The minimum absolute atomic E-state index is 0.195. The van der Waals surface area contributed by atoms with Gasteiger partial charge in [0.1, 0.15) is 0 Å². The smallest absolute Gasteiger partial charge is 0.381 e. The Morgan fingerprint density at radius 2 is 0.391 bits per heavy atom. The van der Waals surface area contributed by atoms with E-state index >= 15 is 0 Å². The Bertz CT molecular complexity index is 1040. The Kier molecular flexibility index (Phi) is 39.7. The lowest BCUT2D eigenvalue weighted by molar-refractivity contribution is -0.142. The molecule has 0 atom stereocenters. The summed E-state index contributed by atoms with van der Waals surface area (Å²) in [4.78, 5) is 0. The Morgan fingerprint density at radius 1 is 0.232 bits per heavy atom. The lowest BCUT2D eigenvalue weighted by Gasteiger charge is -2.37. The van der Waals surface area contributed by atoms with Crippen LogP contribution < -0.4 is 0 Å². The fourth-order valence-electron chi connectivity index (χ4n) is 7.48. The van der Waals surface area contributed by atoms with Gasteiger partial charge in [-0.2, -0.15) is 0 Å². The molecule has 0 spiro atoms. The van der Waals surface area contributed by atoms with Crippen molar-refractivity contribution < 1.29 is 99.5 Å². The first-order chi connectivity index (χ1) is 33.2. The molecule has 0 aromatic heterocycles. The summed E-state index contributed by atoms with van der Waals surface area (Å²) in [5.74, 6) is 0. The largest absolute Gasteiger partial charge is 0.500 e. The summed E-state index contributed by atoms with van der Waals surface area (Å²) in [5, 5.41) is 0. The highest BCUT2D eigenvalue weighted by atomic mass is 28.4. The molecule has 27 heteroatoms. The van der Waals surface area contributed by atoms with Crippen LogP contribution in [-0.4, -0.2) is 243 Å². The molecule has 416 valence electrons. The van der Waals surface area contributed by atoms with Crippen molar-refractivity contribution in [3.05, 3.63) is 0 Å². The van der Waals surface area contributed by atoms with Crippen LogP contribution in [0.3, 0.4) is 0 Å². The first-order valence-corrected chi connectivity index (χ1v) is 33.2. The van der Waals surface area contributed by atoms with Crippen molar-refractivity contribution in [2.45, 2.75) is 69.2 Å². The van der Waals surface area contributed by atoms with Gasteiger partial charge in [0.2, 0.25) is 0 Å². The molecule has 0 saturated carbocycles. The van der Waals surface area contributed by atoms with Gasteiger partial charge < -0.3 is 99.5 Å². The second kappa shape index (κ2) is 39.6. The van der Waals surface area contributed by atoms with Gasteiger partial charge in [-0.1, -0.05) is 0 Å². The lowest BCUT2D eigenvalue weighted by atomic mass is 9.90. The van der Waals surface area contributed by atoms with E-state index in [4.69, 9.17) is 99.5 Å². The third kappa shape index (κ3) is 25.5. The van der Waals surface area contributed by atoms with Crippen LogP contribution in [0.1, 0.15) is 39.0 Å². The first kappa shape index (κ1) is 69.2. The molecule has 0 saturated heterocycles. The van der Waals surface area contributed by atoms with Crippen molar-refractivity contribution in [2.24, 2.45) is 10.8 Å². The van der Waals surface area contributed by atoms with Gasteiger partial charge in [-0.25, -0.2) is 0 Å². The molecule has 0 aliphatic carbocycles. The number of hydrogen-bond donors (Lipinski definition) is 0. The molecule has 22 nitrogen and oxygen atoms in total. The van der Waals surface area contributed by atoms with Crippen molar-refractivity contribution in [1.29, 1.82) is 0 Å². The average molecular weight is 1090 g/mol. The van der Waals surface area contributed by atoms with Crippen molar-refractivity contribution in [2.75, 3.05) is 199 Å². The number of rotatable bonds is 52. The predicted octanol–water partition coefficient (Wildman–Crippen LogP) is 4.44. The van der Waals surface area contributed by atoms with Crippen LogP contribution in [0.15, 0.2) is 0 Å². The zero-order chi connectivity index (χ0) is 52.0. The van der Waals surface area contributed by atoms with Gasteiger partial charge in [0, 0.05) is 177 Å². The van der Waals surface area contributed by atoms with Crippen molar-refractivity contribution in [3.8, 4) is 0 Å². The Labute approximate surface area is 421 Å². The molecule has 0 bridgehead atoms. The standard InChI is InChI=1S/C42H96O22Si5/c1-17-58-33-41(34-59-23-18-28-65(43-2,44-3)45-4,35-60-24-19-29-66(46-5,47-6)48-7)39-64-40-42(36-61-25-20-30-67(49-8,50-9)51-10,37-62-26-21-31-68(52-11,53-12)54-13)38-63-27-22-32-69(55-14,56-15)57-16/h17-40H2,1-16H3. The van der Waals surface area contributed by atoms with Crippen molar-refractivity contribution in [1.82, 2.24) is 0 Å². The average Bonchev–Trinajstić information content (AvgIpc) is 3.39. The molecule has 0 aliphatic rings. The van der Waals surface area contributed by atoms with Gasteiger partial charge in [-0.15, -0.1) is 0 Å². The number of ether oxygens (including phenoxy) is 7. The van der Waals surface area contributed by atoms with E-state index in [2.05, 4.69) is 0 Å². The highest BCUT2D eigenvalue weighted by Gasteiger charge is 2.42. The highest BCUT2D eigenvalue weighted by Crippen LogP contribution is 2.28. The Balaban J connectivity index is 6.82. The normalized spacial score (nSPS) is 13.6. The summed E-state index contributed by atoms with van der Waals surface area (Å²) in [5.41, 5.74) is -1.51. The predicted molar refractivity (Wildman–Crippen MR) is 267 cm³/mol. The quantitative estimate of drug-likeness (QED) is 0.0611. The van der Waals surface area contributed by atoms with E-state index < -0.39 is 54.9 Å². The fourth-order valence-corrected chi connectivity index (χ4v) is 15.9. The maximum absolute atomic E-state index is 6.83. The van der Waals surface area contributed by atoms with E-state index in [0.717, 1.165) is 0 Å². The highest BCUT2D eigenvalue weighted by molar-refractivity contribution is 6.62. The summed E-state index contributed by atoms with van der Waals surface area (Å²) >= 11 is 0. The van der Waals surface area contributed by atoms with Gasteiger partial charge >= 0.3 is 44.0 Å². The molecule has 0 heterocycles. The van der Waals surface area contributed by atoms with Crippen molar-refractivity contribution in [3.63, 3.8) is 0 Å². The van der Waals surface area contributed by atoms with Crippen LogP contribution in [0, 0.1) is 10.8 Å². The van der Waals surface area contributed by atoms with E-state index in [-0.39, 0.29) is 46.2 Å². The molecule has 69 heavy (non-hydrogen) atoms. The topological polar surface area (TPSA) is 203 Å². The monoisotopic (exact) mass is 1090 g/mol. The SMILES string of the molecule is CCOCC(COCCC[Si](OC)(OC)OC)(COCCC[Si](OC)(OC)OC)COCC(COCCC[Si](OC)(OC)OC)(COCCC[Si](OC)(OC)OC)COCCC[Si](OC)(OC)OC. The van der Waals surface area contributed by atoms with E-state index in [9.17, 15) is 0 Å². The van der Waals surface area contributed by atoms with E-state index in [1.54, 1.807) is 107 Å². The summed E-state index contributed by atoms with van der Waals surface area (Å²) < 4.78 is 130. The minimum Gasteiger partial charge on any atom is -0.381 e. The van der Waals surface area contributed by atoms with Gasteiger partial charge in [-0.05, 0) is 39.0 Å². The molecule has 0 aromatic carbocycles. The molecule has 0 unspecified atom stereocenters. The van der Waals surface area contributed by atoms with Gasteiger partial charge in [0.05, 0.1) is 63.7 Å². The van der Waals surface area contributed by atoms with Crippen molar-refractivity contribution >= 4 is 44.0 Å². The Morgan fingerprint density at radius 3 is 0.551 bits per heavy atom. The fraction of sp³-hybridized carbons (Fsp3) is 1.00. The molecule has 0 aliphatic heterocycles. The molecule has 0 N–H and O–H groups in total. The molecule has 0 amide bonds. The molecule has 0 aromatic rings. The molecule has 0 radical (unpaired) electrons. The van der Waals surface area contributed by atoms with Crippen LogP contribution in [0.4, 0.5) is 0 Å². The maximum Gasteiger partial charge on any atom is 0.500 e. The molecule has 0 fully saturated rings. The van der Waals surface area contributed by atoms with E-state index in [1.807, 2.05) is 6.92 Å². The van der Waals surface area contributed by atoms with Crippen LogP contribution in [0.5, 0.6) is 0 Å². The summed E-state index contributed by atoms with van der Waals surface area (Å²) in [6, 6.07) is 2.86. The lowest BCUT2D eigenvalue weighted by Crippen LogP contribution is -2.46. The molecule has 0 rings (SSSR count). The second-order valence-electron chi connectivity index (χ2n) is 16.4. The van der Waals surface area contributed by atoms with E-state index in [0.29, 0.717) is 109 Å². The third-order valence-electron chi connectivity index (χ3n) is 12.0. The van der Waals surface area contributed by atoms with Crippen LogP contribution >= 0.6 is 0 Å². The maximum atomic E-state index is 6.83. The minimum atomic E-state index is -2.82.